The molecule has 2 aromatic carbocycles. The van der Waals surface area contributed by atoms with Crippen LogP contribution in [0.4, 0.5) is 24.5 Å². The van der Waals surface area contributed by atoms with Gasteiger partial charge >= 0.3 is 6.18 Å². The second-order valence-corrected chi connectivity index (χ2v) is 6.28. The number of nitro benzene ring substituents is 1. The molecule has 0 radical (unpaired) electrons. The molecule has 3 aromatic rings. The molecule has 1 N–H and O–H groups in total. The average Bonchev–Trinajstić information content (AvgIpc) is 2.64. The highest BCUT2D eigenvalue weighted by molar-refractivity contribution is 6.33. The average molecular weight is 427 g/mol. The first-order valence-corrected chi connectivity index (χ1v) is 8.24. The van der Waals surface area contributed by atoms with Crippen molar-refractivity contribution in [3.05, 3.63) is 73.8 Å². The molecule has 8 nitrogen and oxygen atoms in total. The molecule has 0 saturated heterocycles. The van der Waals surface area contributed by atoms with Gasteiger partial charge in [0.15, 0.2) is 0 Å². The van der Waals surface area contributed by atoms with Crippen LogP contribution in [0.2, 0.25) is 5.02 Å². The smallest absolute Gasteiger partial charge is 0.323 e. The van der Waals surface area contributed by atoms with E-state index in [9.17, 15) is 32.9 Å². The largest absolute Gasteiger partial charge is 0.416 e. The molecule has 0 atom stereocenters. The summed E-state index contributed by atoms with van der Waals surface area (Å²) in [5, 5.41) is 12.9. The number of aromatic nitrogens is 2. The number of benzene rings is 2. The van der Waals surface area contributed by atoms with Crippen molar-refractivity contribution in [2.24, 2.45) is 0 Å². The molecular formula is C17H10ClF3N4O4. The summed E-state index contributed by atoms with van der Waals surface area (Å²) in [6, 6.07) is 5.90. The molecule has 1 aromatic heterocycles. The Labute approximate surface area is 164 Å². The van der Waals surface area contributed by atoms with Crippen molar-refractivity contribution >= 4 is 39.8 Å². The fourth-order valence-electron chi connectivity index (χ4n) is 2.51. The summed E-state index contributed by atoms with van der Waals surface area (Å²) in [4.78, 5) is 38.7. The molecule has 1 heterocycles. The van der Waals surface area contributed by atoms with E-state index in [1.165, 1.54) is 6.07 Å². The van der Waals surface area contributed by atoms with E-state index in [1.807, 2.05) is 0 Å². The number of non-ortho nitro benzene ring substituents is 1. The van der Waals surface area contributed by atoms with Gasteiger partial charge in [-0.15, -0.1) is 0 Å². The third-order valence-electron chi connectivity index (χ3n) is 3.90. The summed E-state index contributed by atoms with van der Waals surface area (Å²) >= 11 is 5.83. The van der Waals surface area contributed by atoms with Crippen LogP contribution in [0, 0.1) is 10.1 Å². The van der Waals surface area contributed by atoms with E-state index in [4.69, 9.17) is 11.6 Å². The number of nitrogens with one attached hydrogen (secondary N) is 1. The third-order valence-corrected chi connectivity index (χ3v) is 4.23. The van der Waals surface area contributed by atoms with Crippen LogP contribution in [0.5, 0.6) is 0 Å². The fourth-order valence-corrected chi connectivity index (χ4v) is 2.68. The second kappa shape index (κ2) is 7.51. The van der Waals surface area contributed by atoms with Crippen LogP contribution in [0.15, 0.2) is 47.5 Å². The summed E-state index contributed by atoms with van der Waals surface area (Å²) < 4.78 is 39.4. The predicted octanol–water partition coefficient (Wildman–Crippen LogP) is 3.62. The third kappa shape index (κ3) is 4.35. The van der Waals surface area contributed by atoms with Crippen molar-refractivity contribution in [2.45, 2.75) is 12.7 Å². The minimum Gasteiger partial charge on any atom is -0.323 e. The lowest BCUT2D eigenvalue weighted by Gasteiger charge is -2.12. The van der Waals surface area contributed by atoms with Crippen LogP contribution in [0.25, 0.3) is 10.9 Å². The van der Waals surface area contributed by atoms with Gasteiger partial charge in [-0.3, -0.25) is 24.3 Å². The van der Waals surface area contributed by atoms with E-state index < -0.39 is 34.7 Å². The summed E-state index contributed by atoms with van der Waals surface area (Å²) in [5.41, 5.74) is -2.08. The maximum atomic E-state index is 12.8. The van der Waals surface area contributed by atoms with Gasteiger partial charge in [-0.25, -0.2) is 4.98 Å². The molecule has 0 aliphatic rings. The van der Waals surface area contributed by atoms with E-state index in [0.717, 1.165) is 35.2 Å². The maximum Gasteiger partial charge on any atom is 0.416 e. The van der Waals surface area contributed by atoms with Crippen molar-refractivity contribution < 1.29 is 22.9 Å². The Morgan fingerprint density at radius 2 is 1.97 bits per heavy atom. The standard InChI is InChI=1S/C17H10ClF3N4O4/c18-12-4-1-9(17(19,20)21)5-14(12)23-15(26)7-24-8-22-13-6-10(25(28)29)2-3-11(13)16(24)27/h1-6,8H,7H2,(H,23,26). The van der Waals surface area contributed by atoms with Gasteiger partial charge in [-0.05, 0) is 24.3 Å². The zero-order valence-electron chi connectivity index (χ0n) is 14.2. The van der Waals surface area contributed by atoms with E-state index >= 15 is 0 Å². The lowest BCUT2D eigenvalue weighted by molar-refractivity contribution is -0.384. The first kappa shape index (κ1) is 20.3. The maximum absolute atomic E-state index is 12.8. The van der Waals surface area contributed by atoms with Crippen molar-refractivity contribution in [1.29, 1.82) is 0 Å². The van der Waals surface area contributed by atoms with Gasteiger partial charge in [-0.1, -0.05) is 11.6 Å². The number of hydrogen-bond donors (Lipinski definition) is 1. The topological polar surface area (TPSA) is 107 Å². The highest BCUT2D eigenvalue weighted by atomic mass is 35.5. The van der Waals surface area contributed by atoms with Crippen molar-refractivity contribution in [1.82, 2.24) is 9.55 Å². The Balaban J connectivity index is 1.85. The Morgan fingerprint density at radius 1 is 1.24 bits per heavy atom. The predicted molar refractivity (Wildman–Crippen MR) is 97.7 cm³/mol. The van der Waals surface area contributed by atoms with E-state index in [2.05, 4.69) is 10.3 Å². The Morgan fingerprint density at radius 3 is 2.62 bits per heavy atom. The van der Waals surface area contributed by atoms with Crippen LogP contribution in [0.3, 0.4) is 0 Å². The second-order valence-electron chi connectivity index (χ2n) is 5.88. The van der Waals surface area contributed by atoms with Gasteiger partial charge in [0.05, 0.1) is 38.4 Å². The molecule has 0 fully saturated rings. The molecule has 0 aliphatic carbocycles. The number of rotatable bonds is 4. The number of fused-ring (bicyclic) bond motifs is 1. The number of halogens is 4. The minimum absolute atomic E-state index is 0.0444. The van der Waals surface area contributed by atoms with Crippen LogP contribution < -0.4 is 10.9 Å². The molecule has 0 bridgehead atoms. The number of nitrogens with zero attached hydrogens (tertiary/aromatic N) is 3. The van der Waals surface area contributed by atoms with Crippen molar-refractivity contribution in [3.8, 4) is 0 Å². The highest BCUT2D eigenvalue weighted by Crippen LogP contribution is 2.33. The van der Waals surface area contributed by atoms with Gasteiger partial charge in [0.1, 0.15) is 6.54 Å². The number of anilines is 1. The normalized spacial score (nSPS) is 11.4. The molecule has 12 heteroatoms. The molecule has 0 unspecified atom stereocenters. The van der Waals surface area contributed by atoms with Gasteiger partial charge in [-0.2, -0.15) is 13.2 Å². The summed E-state index contributed by atoms with van der Waals surface area (Å²) in [6.45, 7) is -0.550. The molecule has 29 heavy (non-hydrogen) atoms. The molecule has 0 spiro atoms. The molecule has 0 aliphatic heterocycles. The zero-order chi connectivity index (χ0) is 21.3. The highest BCUT2D eigenvalue weighted by Gasteiger charge is 2.31. The summed E-state index contributed by atoms with van der Waals surface area (Å²) in [7, 11) is 0. The Bertz CT molecular complexity index is 1190. The molecule has 1 amide bonds. The molecular weight excluding hydrogens is 417 g/mol. The fraction of sp³-hybridized carbons (Fsp3) is 0.118. The molecule has 0 saturated carbocycles. The molecule has 150 valence electrons. The number of alkyl halides is 3. The van der Waals surface area contributed by atoms with Crippen LogP contribution >= 0.6 is 11.6 Å². The zero-order valence-corrected chi connectivity index (χ0v) is 15.0. The number of carbonyl (C=O) groups excluding carboxylic acids is 1. The lowest BCUT2D eigenvalue weighted by Crippen LogP contribution is -2.28. The van der Waals surface area contributed by atoms with Crippen molar-refractivity contribution in [3.63, 3.8) is 0 Å². The van der Waals surface area contributed by atoms with Crippen LogP contribution in [0.1, 0.15) is 5.56 Å². The monoisotopic (exact) mass is 426 g/mol. The van der Waals surface area contributed by atoms with Crippen LogP contribution in [-0.4, -0.2) is 20.4 Å². The number of hydrogen-bond acceptors (Lipinski definition) is 5. The van der Waals surface area contributed by atoms with Crippen molar-refractivity contribution in [2.75, 3.05) is 5.32 Å². The first-order chi connectivity index (χ1) is 13.6. The number of amides is 1. The minimum atomic E-state index is -4.62. The first-order valence-electron chi connectivity index (χ1n) is 7.86. The van der Waals surface area contributed by atoms with Gasteiger partial charge in [0.2, 0.25) is 5.91 Å². The summed E-state index contributed by atoms with van der Waals surface area (Å²) in [6.07, 6.45) is -3.60. The number of nitro groups is 1. The van der Waals surface area contributed by atoms with Gasteiger partial charge < -0.3 is 5.32 Å². The number of carbonyl (C=O) groups is 1. The van der Waals surface area contributed by atoms with Gasteiger partial charge in [0.25, 0.3) is 11.2 Å². The Hall–Kier alpha value is -3.47. The molecule has 3 rings (SSSR count). The van der Waals surface area contributed by atoms with Gasteiger partial charge in [0, 0.05) is 12.1 Å². The Kier molecular flexibility index (Phi) is 5.25. The van der Waals surface area contributed by atoms with E-state index in [0.29, 0.717) is 6.07 Å². The van der Waals surface area contributed by atoms with E-state index in [1.54, 1.807) is 0 Å². The SMILES string of the molecule is O=C(Cn1cnc2cc([N+](=O)[O-])ccc2c1=O)Nc1cc(C(F)(F)F)ccc1Cl. The lowest BCUT2D eigenvalue weighted by atomic mass is 10.2. The van der Waals surface area contributed by atoms with E-state index in [-0.39, 0.29) is 27.3 Å². The quantitative estimate of drug-likeness (QED) is 0.506. The summed E-state index contributed by atoms with van der Waals surface area (Å²) in [5.74, 6) is -0.809. The van der Waals surface area contributed by atoms with Crippen LogP contribution in [-0.2, 0) is 17.5 Å².